The predicted molar refractivity (Wildman–Crippen MR) is 76.8 cm³/mol. The SMILES string of the molecule is CNC(C)c1cc(OC)c(OCCCC(=O)O)cc1[NH+]=O. The van der Waals surface area contributed by atoms with Gasteiger partial charge in [0.05, 0.1) is 19.8 Å². The van der Waals surface area contributed by atoms with E-state index < -0.39 is 5.97 Å². The molecule has 0 heterocycles. The second-order valence-electron chi connectivity index (χ2n) is 4.55. The van der Waals surface area contributed by atoms with Crippen molar-refractivity contribution in [1.82, 2.24) is 5.32 Å². The summed E-state index contributed by atoms with van der Waals surface area (Å²) in [5.74, 6) is 0.0420. The van der Waals surface area contributed by atoms with Crippen LogP contribution in [0.25, 0.3) is 0 Å². The maximum Gasteiger partial charge on any atom is 0.303 e. The molecule has 7 heteroatoms. The first-order chi connectivity index (χ1) is 10.0. The zero-order valence-corrected chi connectivity index (χ0v) is 12.4. The van der Waals surface area contributed by atoms with Gasteiger partial charge >= 0.3 is 5.97 Å². The van der Waals surface area contributed by atoms with Crippen molar-refractivity contribution in [3.05, 3.63) is 22.6 Å². The molecule has 0 saturated carbocycles. The Morgan fingerprint density at radius 3 is 2.67 bits per heavy atom. The van der Waals surface area contributed by atoms with E-state index in [4.69, 9.17) is 14.6 Å². The van der Waals surface area contributed by atoms with Gasteiger partial charge in [0.1, 0.15) is 0 Å². The minimum Gasteiger partial charge on any atom is -0.493 e. The van der Waals surface area contributed by atoms with Crippen LogP contribution in [0.1, 0.15) is 31.4 Å². The van der Waals surface area contributed by atoms with Gasteiger partial charge in [-0.1, -0.05) is 0 Å². The number of carboxylic acid groups (broad SMARTS) is 1. The smallest absolute Gasteiger partial charge is 0.303 e. The highest BCUT2D eigenvalue weighted by molar-refractivity contribution is 5.66. The van der Waals surface area contributed by atoms with E-state index in [2.05, 4.69) is 5.32 Å². The summed E-state index contributed by atoms with van der Waals surface area (Å²) in [4.78, 5) is 21.5. The van der Waals surface area contributed by atoms with Gasteiger partial charge in [0.2, 0.25) is 0 Å². The number of carbonyl (C=O) groups is 1. The molecular formula is C14H21N2O5+. The largest absolute Gasteiger partial charge is 0.493 e. The number of nitroso groups, excluding NO2 is 1. The van der Waals surface area contributed by atoms with Crippen LogP contribution < -0.4 is 20.0 Å². The maximum absolute atomic E-state index is 11.1. The molecule has 21 heavy (non-hydrogen) atoms. The Hall–Kier alpha value is -2.15. The molecule has 0 saturated heterocycles. The zero-order valence-electron chi connectivity index (χ0n) is 12.4. The first kappa shape index (κ1) is 16.9. The summed E-state index contributed by atoms with van der Waals surface area (Å²) >= 11 is 0. The fourth-order valence-electron chi connectivity index (χ4n) is 1.86. The summed E-state index contributed by atoms with van der Waals surface area (Å²) in [6, 6.07) is 3.26. The fourth-order valence-corrected chi connectivity index (χ4v) is 1.86. The first-order valence-electron chi connectivity index (χ1n) is 6.65. The summed E-state index contributed by atoms with van der Waals surface area (Å²) in [5.41, 5.74) is 1.16. The van der Waals surface area contributed by atoms with Crippen LogP contribution in [0.4, 0.5) is 5.69 Å². The summed E-state index contributed by atoms with van der Waals surface area (Å²) < 4.78 is 10.8. The third kappa shape index (κ3) is 4.71. The van der Waals surface area contributed by atoms with Gasteiger partial charge < -0.3 is 19.9 Å². The predicted octanol–water partition coefficient (Wildman–Crippen LogP) is 0.698. The van der Waals surface area contributed by atoms with Crippen LogP contribution in [0, 0.1) is 4.91 Å². The number of hydrogen-bond donors (Lipinski definition) is 3. The molecule has 0 aliphatic carbocycles. The van der Waals surface area contributed by atoms with Crippen molar-refractivity contribution in [2.75, 3.05) is 20.8 Å². The summed E-state index contributed by atoms with van der Waals surface area (Å²) in [5, 5.41) is 13.5. The Morgan fingerprint density at radius 2 is 2.14 bits per heavy atom. The van der Waals surface area contributed by atoms with Crippen molar-refractivity contribution in [3.8, 4) is 11.5 Å². The number of rotatable bonds is 9. The Morgan fingerprint density at radius 1 is 1.43 bits per heavy atom. The first-order valence-corrected chi connectivity index (χ1v) is 6.65. The third-order valence-corrected chi connectivity index (χ3v) is 3.14. The van der Waals surface area contributed by atoms with E-state index in [1.54, 1.807) is 19.2 Å². The quantitative estimate of drug-likeness (QED) is 0.580. The van der Waals surface area contributed by atoms with Crippen molar-refractivity contribution in [2.45, 2.75) is 25.8 Å². The second kappa shape index (κ2) is 8.21. The molecule has 1 atom stereocenters. The summed E-state index contributed by atoms with van der Waals surface area (Å²) in [6.45, 7) is 2.16. The Balaban J connectivity index is 2.93. The van der Waals surface area contributed by atoms with Crippen molar-refractivity contribution in [3.63, 3.8) is 0 Å². The van der Waals surface area contributed by atoms with Gasteiger partial charge in [-0.3, -0.25) is 4.79 Å². The molecule has 1 aromatic rings. The Labute approximate surface area is 123 Å². The summed E-state index contributed by atoms with van der Waals surface area (Å²) in [7, 11) is 3.31. The van der Waals surface area contributed by atoms with Crippen LogP contribution >= 0.6 is 0 Å². The van der Waals surface area contributed by atoms with E-state index in [0.717, 1.165) is 5.56 Å². The monoisotopic (exact) mass is 297 g/mol. The molecule has 0 aliphatic heterocycles. The average Bonchev–Trinajstić information content (AvgIpc) is 2.49. The Bertz CT molecular complexity index is 504. The van der Waals surface area contributed by atoms with Gasteiger partial charge in [-0.05, 0) is 26.5 Å². The highest BCUT2D eigenvalue weighted by Crippen LogP contribution is 2.34. The number of aliphatic carboxylic acids is 1. The molecule has 3 N–H and O–H groups in total. The highest BCUT2D eigenvalue weighted by Gasteiger charge is 2.20. The normalized spacial score (nSPS) is 11.8. The molecule has 7 nitrogen and oxygen atoms in total. The lowest BCUT2D eigenvalue weighted by atomic mass is 10.1. The lowest BCUT2D eigenvalue weighted by molar-refractivity contribution is -0.380. The molecule has 0 aliphatic rings. The fraction of sp³-hybridized carbons (Fsp3) is 0.500. The van der Waals surface area contributed by atoms with Crippen LogP contribution in [-0.2, 0) is 4.79 Å². The van der Waals surface area contributed by atoms with Gasteiger partial charge in [-0.15, -0.1) is 0 Å². The minimum absolute atomic E-state index is 0.0311. The van der Waals surface area contributed by atoms with Crippen molar-refractivity contribution in [1.29, 1.82) is 0 Å². The topological polar surface area (TPSA) is 98.8 Å². The van der Waals surface area contributed by atoms with Crippen LogP contribution in [0.15, 0.2) is 12.1 Å². The Kier molecular flexibility index (Phi) is 6.61. The van der Waals surface area contributed by atoms with Crippen molar-refractivity contribution in [2.24, 2.45) is 0 Å². The van der Waals surface area contributed by atoms with Gasteiger partial charge in [-0.2, -0.15) is 0 Å². The standard InChI is InChI=1S/C14H20N2O5/c1-9(15-2)10-7-12(20-3)13(8-11(10)16-19)21-6-4-5-14(17)18/h7-9,15H,4-6H2,1-3H3,(H,17,18)/p+1. The average molecular weight is 297 g/mol. The van der Waals surface area contributed by atoms with E-state index in [1.165, 1.54) is 7.11 Å². The van der Waals surface area contributed by atoms with E-state index in [9.17, 15) is 9.70 Å². The molecular weight excluding hydrogens is 276 g/mol. The van der Waals surface area contributed by atoms with Gasteiger partial charge in [0.15, 0.2) is 11.5 Å². The molecule has 1 unspecified atom stereocenters. The van der Waals surface area contributed by atoms with Crippen LogP contribution in [0.2, 0.25) is 0 Å². The molecule has 0 amide bonds. The highest BCUT2D eigenvalue weighted by atomic mass is 16.5. The molecule has 0 aromatic heterocycles. The second-order valence-corrected chi connectivity index (χ2v) is 4.55. The van der Waals surface area contributed by atoms with E-state index in [0.29, 0.717) is 23.6 Å². The third-order valence-electron chi connectivity index (χ3n) is 3.14. The maximum atomic E-state index is 11.1. The van der Waals surface area contributed by atoms with Crippen LogP contribution in [-0.4, -0.2) is 31.8 Å². The number of hydrogen-bond acceptors (Lipinski definition) is 5. The number of methoxy groups -OCH3 is 1. The number of nitrogens with one attached hydrogen (secondary N) is 2. The van der Waals surface area contributed by atoms with E-state index in [1.807, 2.05) is 12.1 Å². The molecule has 116 valence electrons. The number of ether oxygens (including phenoxy) is 2. The van der Waals surface area contributed by atoms with E-state index in [-0.39, 0.29) is 19.1 Å². The van der Waals surface area contributed by atoms with Gasteiger partial charge in [0.25, 0.3) is 5.69 Å². The summed E-state index contributed by atoms with van der Waals surface area (Å²) in [6.07, 6.45) is 0.414. The molecule has 0 bridgehead atoms. The van der Waals surface area contributed by atoms with Crippen molar-refractivity contribution >= 4 is 11.7 Å². The number of carboxylic acids is 1. The molecule has 1 rings (SSSR count). The molecule has 0 fully saturated rings. The number of benzene rings is 1. The van der Waals surface area contributed by atoms with E-state index >= 15 is 0 Å². The zero-order chi connectivity index (χ0) is 15.8. The van der Waals surface area contributed by atoms with Crippen LogP contribution in [0.3, 0.4) is 0 Å². The van der Waals surface area contributed by atoms with Gasteiger partial charge in [-0.25, -0.2) is 0 Å². The molecule has 0 radical (unpaired) electrons. The van der Waals surface area contributed by atoms with Crippen LogP contribution in [0.5, 0.6) is 11.5 Å². The van der Waals surface area contributed by atoms with Gasteiger partial charge in [0, 0.05) is 28.1 Å². The molecule has 1 aromatic carbocycles. The lowest BCUT2D eigenvalue weighted by Crippen LogP contribution is -2.56. The van der Waals surface area contributed by atoms with Crippen molar-refractivity contribution < 1.29 is 24.6 Å². The minimum atomic E-state index is -0.870. The molecule has 0 spiro atoms. The lowest BCUT2D eigenvalue weighted by Gasteiger charge is -2.14.